The van der Waals surface area contributed by atoms with Crippen molar-refractivity contribution < 1.29 is 14.3 Å². The van der Waals surface area contributed by atoms with Crippen molar-refractivity contribution in [2.75, 3.05) is 23.8 Å². The Hall–Kier alpha value is -3.40. The Morgan fingerprint density at radius 2 is 2.06 bits per heavy atom. The van der Waals surface area contributed by atoms with Crippen molar-refractivity contribution in [3.05, 3.63) is 41.1 Å². The number of hydrogen-bond donors (Lipinski definition) is 3. The molecule has 1 saturated heterocycles. The summed E-state index contributed by atoms with van der Waals surface area (Å²) in [6.45, 7) is 8.26. The van der Waals surface area contributed by atoms with Gasteiger partial charge in [-0.2, -0.15) is 19.6 Å². The molecule has 176 valence electrons. The molecule has 1 amide bonds. The molecule has 33 heavy (non-hydrogen) atoms. The molecule has 10 heteroatoms. The summed E-state index contributed by atoms with van der Waals surface area (Å²) < 4.78 is 12.3. The van der Waals surface area contributed by atoms with E-state index < -0.39 is 6.09 Å². The summed E-state index contributed by atoms with van der Waals surface area (Å²) in [5, 5.41) is 11.4. The highest BCUT2D eigenvalue weighted by Gasteiger charge is 2.19. The predicted octanol–water partition coefficient (Wildman–Crippen LogP) is 3.47. The molecule has 1 fully saturated rings. The summed E-state index contributed by atoms with van der Waals surface area (Å²) >= 11 is 0. The molecule has 0 saturated carbocycles. The van der Waals surface area contributed by atoms with Crippen molar-refractivity contribution >= 4 is 23.6 Å². The van der Waals surface area contributed by atoms with Gasteiger partial charge in [0.15, 0.2) is 5.65 Å². The molecule has 1 aliphatic rings. The third kappa shape index (κ3) is 5.33. The van der Waals surface area contributed by atoms with Crippen LogP contribution in [0.4, 0.5) is 16.7 Å². The van der Waals surface area contributed by atoms with Gasteiger partial charge in [0.2, 0.25) is 11.9 Å². The smallest absolute Gasteiger partial charge is 0.409 e. The first-order chi connectivity index (χ1) is 15.9. The van der Waals surface area contributed by atoms with Gasteiger partial charge in [-0.15, -0.1) is 0 Å². The van der Waals surface area contributed by atoms with Gasteiger partial charge in [0.05, 0.1) is 6.20 Å². The molecule has 0 unspecified atom stereocenters. The van der Waals surface area contributed by atoms with Gasteiger partial charge in [-0.1, -0.05) is 26.8 Å². The van der Waals surface area contributed by atoms with Crippen LogP contribution < -0.4 is 21.1 Å². The number of aryl methyl sites for hydroxylation is 1. The second-order valence-corrected chi connectivity index (χ2v) is 8.45. The monoisotopic (exact) mass is 453 g/mol. The maximum atomic E-state index is 11.2. The molecule has 2 aromatic heterocycles. The first kappa shape index (κ1) is 22.8. The minimum atomic E-state index is -0.836. The first-order valence-corrected chi connectivity index (χ1v) is 11.4. The highest BCUT2D eigenvalue weighted by molar-refractivity contribution is 5.68. The van der Waals surface area contributed by atoms with Gasteiger partial charge in [-0.3, -0.25) is 0 Å². The lowest BCUT2D eigenvalue weighted by atomic mass is 10.0. The number of carbonyl (C=O) groups excluding carboxylic acids is 1. The molecular weight excluding hydrogens is 422 g/mol. The Labute approximate surface area is 192 Å². The largest absolute Gasteiger partial charge is 0.410 e. The highest BCUT2D eigenvalue weighted by Crippen LogP contribution is 2.24. The number of fused-ring (bicyclic) bond motifs is 1. The molecular formula is C23H31N7O3. The van der Waals surface area contributed by atoms with E-state index in [9.17, 15) is 4.79 Å². The number of nitrogens with one attached hydrogen (secondary N) is 2. The zero-order valence-corrected chi connectivity index (χ0v) is 19.3. The van der Waals surface area contributed by atoms with Crippen molar-refractivity contribution in [2.45, 2.75) is 58.5 Å². The van der Waals surface area contributed by atoms with E-state index in [1.165, 1.54) is 0 Å². The lowest BCUT2D eigenvalue weighted by molar-refractivity contribution is 0.0903. The molecule has 4 rings (SSSR count). The normalized spacial score (nSPS) is 14.5. The van der Waals surface area contributed by atoms with Crippen LogP contribution in [0.5, 0.6) is 5.75 Å². The minimum absolute atomic E-state index is 0.272. The number of carbonyl (C=O) groups is 1. The van der Waals surface area contributed by atoms with E-state index in [2.05, 4.69) is 36.5 Å². The Morgan fingerprint density at radius 1 is 1.27 bits per heavy atom. The fraction of sp³-hybridized carbons (Fsp3) is 0.478. The number of rotatable bonds is 8. The lowest BCUT2D eigenvalue weighted by Gasteiger charge is -2.23. The van der Waals surface area contributed by atoms with Crippen LogP contribution in [-0.2, 0) is 17.7 Å². The molecule has 4 N–H and O–H groups in total. The fourth-order valence-corrected chi connectivity index (χ4v) is 3.97. The summed E-state index contributed by atoms with van der Waals surface area (Å²) in [5.41, 5.74) is 9.12. The van der Waals surface area contributed by atoms with Crippen molar-refractivity contribution in [1.29, 1.82) is 0 Å². The Morgan fingerprint density at radius 3 is 2.76 bits per heavy atom. The Balaban J connectivity index is 1.64. The Bertz CT molecular complexity index is 1120. The number of nitrogens with zero attached hydrogens (tertiary/aromatic N) is 4. The number of anilines is 2. The van der Waals surface area contributed by atoms with Gasteiger partial charge < -0.3 is 25.8 Å². The second-order valence-electron chi connectivity index (χ2n) is 8.45. The first-order valence-electron chi connectivity index (χ1n) is 11.4. The van der Waals surface area contributed by atoms with Crippen LogP contribution in [0, 0.1) is 0 Å². The standard InChI is InChI=1S/C23H31N7O3/c1-4-15-5-6-18(33-21(24)31)11-16(15)12-25-23-29-22(27-17-7-9-32-10-8-17)28-20-19(14(2)3)13-26-30(20)23/h5-6,11,13-14,17H,4,7-10,12H2,1-3H3,(H2,24,31)(H2,25,27,28,29). The quantitative estimate of drug-likeness (QED) is 0.473. The zero-order valence-electron chi connectivity index (χ0n) is 19.3. The number of ether oxygens (including phenoxy) is 2. The maximum absolute atomic E-state index is 11.2. The molecule has 1 aliphatic heterocycles. The van der Waals surface area contributed by atoms with Crippen LogP contribution in [0.1, 0.15) is 56.2 Å². The number of primary amides is 1. The van der Waals surface area contributed by atoms with Crippen LogP contribution in [-0.4, -0.2) is 44.9 Å². The summed E-state index contributed by atoms with van der Waals surface area (Å²) in [6.07, 6.45) is 3.68. The summed E-state index contributed by atoms with van der Waals surface area (Å²) in [7, 11) is 0. The predicted molar refractivity (Wildman–Crippen MR) is 126 cm³/mol. The minimum Gasteiger partial charge on any atom is -0.410 e. The van der Waals surface area contributed by atoms with Crippen LogP contribution >= 0.6 is 0 Å². The van der Waals surface area contributed by atoms with E-state index in [4.69, 9.17) is 25.2 Å². The van der Waals surface area contributed by atoms with Crippen LogP contribution in [0.25, 0.3) is 5.65 Å². The van der Waals surface area contributed by atoms with Crippen molar-refractivity contribution in [2.24, 2.45) is 5.73 Å². The maximum Gasteiger partial charge on any atom is 0.409 e. The van der Waals surface area contributed by atoms with Crippen molar-refractivity contribution in [3.8, 4) is 5.75 Å². The SMILES string of the molecule is CCc1ccc(OC(N)=O)cc1CNc1nc(NC2CCOCC2)nc2c(C(C)C)cnn12. The molecule has 0 radical (unpaired) electrons. The fourth-order valence-electron chi connectivity index (χ4n) is 3.97. The van der Waals surface area contributed by atoms with Crippen molar-refractivity contribution in [3.63, 3.8) is 0 Å². The molecule has 0 spiro atoms. The molecule has 3 aromatic rings. The summed E-state index contributed by atoms with van der Waals surface area (Å²) in [5.74, 6) is 1.84. The number of nitrogens with two attached hydrogens (primary N) is 1. The number of benzene rings is 1. The third-order valence-corrected chi connectivity index (χ3v) is 5.79. The number of amides is 1. The van der Waals surface area contributed by atoms with E-state index in [-0.39, 0.29) is 12.0 Å². The van der Waals surface area contributed by atoms with Crippen LogP contribution in [0.3, 0.4) is 0 Å². The van der Waals surface area contributed by atoms with Gasteiger partial charge in [0.25, 0.3) is 0 Å². The van der Waals surface area contributed by atoms with Gasteiger partial charge in [0.1, 0.15) is 5.75 Å². The van der Waals surface area contributed by atoms with E-state index in [1.54, 1.807) is 10.6 Å². The third-order valence-electron chi connectivity index (χ3n) is 5.79. The highest BCUT2D eigenvalue weighted by atomic mass is 16.5. The summed E-state index contributed by atoms with van der Waals surface area (Å²) in [6, 6.07) is 5.77. The molecule has 0 aliphatic carbocycles. The molecule has 0 bridgehead atoms. The number of aromatic nitrogens is 4. The van der Waals surface area contributed by atoms with Gasteiger partial charge in [-0.05, 0) is 48.4 Å². The van der Waals surface area contributed by atoms with E-state index in [0.717, 1.165) is 54.8 Å². The van der Waals surface area contributed by atoms with Gasteiger partial charge >= 0.3 is 6.09 Å². The van der Waals surface area contributed by atoms with E-state index >= 15 is 0 Å². The molecule has 10 nitrogen and oxygen atoms in total. The average Bonchev–Trinajstić information content (AvgIpc) is 3.22. The van der Waals surface area contributed by atoms with Crippen molar-refractivity contribution in [1.82, 2.24) is 19.6 Å². The molecule has 0 atom stereocenters. The molecule has 1 aromatic carbocycles. The molecule has 3 heterocycles. The van der Waals surface area contributed by atoms with Gasteiger partial charge in [0, 0.05) is 31.4 Å². The van der Waals surface area contributed by atoms with Gasteiger partial charge in [-0.25, -0.2) is 4.79 Å². The summed E-state index contributed by atoms with van der Waals surface area (Å²) in [4.78, 5) is 20.7. The zero-order chi connectivity index (χ0) is 23.4. The van der Waals surface area contributed by atoms with Crippen LogP contribution in [0.15, 0.2) is 24.4 Å². The second kappa shape index (κ2) is 10.0. The lowest BCUT2D eigenvalue weighted by Crippen LogP contribution is -2.29. The van der Waals surface area contributed by atoms with E-state index in [0.29, 0.717) is 24.2 Å². The average molecular weight is 454 g/mol. The van der Waals surface area contributed by atoms with E-state index in [1.807, 2.05) is 18.3 Å². The topological polar surface area (TPSA) is 129 Å². The Kier molecular flexibility index (Phi) is 6.93. The number of hydrogen-bond acceptors (Lipinski definition) is 8. The van der Waals surface area contributed by atoms with Crippen LogP contribution in [0.2, 0.25) is 0 Å².